The number of hydrogen-bond donors (Lipinski definition) is 1. The molecule has 162 valence electrons. The van der Waals surface area contributed by atoms with Crippen molar-refractivity contribution in [2.75, 3.05) is 19.5 Å². The number of rotatable bonds is 7. The third kappa shape index (κ3) is 5.31. The molecule has 0 atom stereocenters. The lowest BCUT2D eigenvalue weighted by Gasteiger charge is -2.17. The van der Waals surface area contributed by atoms with Crippen molar-refractivity contribution in [3.63, 3.8) is 0 Å². The van der Waals surface area contributed by atoms with Crippen LogP contribution in [0.1, 0.15) is 27.0 Å². The summed E-state index contributed by atoms with van der Waals surface area (Å²) in [6.07, 6.45) is 0. The lowest BCUT2D eigenvalue weighted by atomic mass is 10.1. The van der Waals surface area contributed by atoms with Crippen molar-refractivity contribution in [3.8, 4) is 5.75 Å². The van der Waals surface area contributed by atoms with E-state index < -0.39 is 10.0 Å². The van der Waals surface area contributed by atoms with E-state index in [9.17, 15) is 13.2 Å². The van der Waals surface area contributed by atoms with Gasteiger partial charge in [0.2, 0.25) is 10.0 Å². The van der Waals surface area contributed by atoms with E-state index in [0.29, 0.717) is 17.0 Å². The summed E-state index contributed by atoms with van der Waals surface area (Å²) in [6, 6.07) is 19.2. The van der Waals surface area contributed by atoms with E-state index in [4.69, 9.17) is 4.74 Å². The highest BCUT2D eigenvalue weighted by molar-refractivity contribution is 7.89. The van der Waals surface area contributed by atoms with Crippen LogP contribution in [0.15, 0.2) is 71.6 Å². The number of anilines is 1. The van der Waals surface area contributed by atoms with Gasteiger partial charge in [-0.1, -0.05) is 35.9 Å². The Hall–Kier alpha value is -3.16. The number of sulfonamides is 1. The van der Waals surface area contributed by atoms with Gasteiger partial charge in [-0.05, 0) is 61.4 Å². The number of carbonyl (C=O) groups is 1. The molecule has 0 bridgehead atoms. The molecule has 31 heavy (non-hydrogen) atoms. The van der Waals surface area contributed by atoms with E-state index in [1.807, 2.05) is 26.0 Å². The predicted octanol–water partition coefficient (Wildman–Crippen LogP) is 4.39. The molecule has 0 aromatic heterocycles. The van der Waals surface area contributed by atoms with Gasteiger partial charge in [0.15, 0.2) is 0 Å². The average Bonchev–Trinajstić information content (AvgIpc) is 2.74. The third-order valence-corrected chi connectivity index (χ3v) is 6.77. The number of methoxy groups -OCH3 is 1. The number of carbonyl (C=O) groups excluding carboxylic acids is 1. The van der Waals surface area contributed by atoms with Crippen molar-refractivity contribution in [2.45, 2.75) is 25.3 Å². The summed E-state index contributed by atoms with van der Waals surface area (Å²) in [5.74, 6) is 0.314. The molecule has 0 radical (unpaired) electrons. The van der Waals surface area contributed by atoms with Crippen molar-refractivity contribution in [2.24, 2.45) is 0 Å². The highest BCUT2D eigenvalue weighted by Crippen LogP contribution is 2.26. The number of aryl methyl sites for hydroxylation is 2. The summed E-state index contributed by atoms with van der Waals surface area (Å²) in [5, 5.41) is 2.86. The van der Waals surface area contributed by atoms with Gasteiger partial charge >= 0.3 is 0 Å². The molecule has 0 aliphatic carbocycles. The fourth-order valence-corrected chi connectivity index (χ4v) is 4.27. The van der Waals surface area contributed by atoms with E-state index in [-0.39, 0.29) is 17.3 Å². The Labute approximate surface area is 183 Å². The Balaban J connectivity index is 1.70. The van der Waals surface area contributed by atoms with Crippen LogP contribution in [0.5, 0.6) is 5.75 Å². The number of hydrogen-bond acceptors (Lipinski definition) is 4. The van der Waals surface area contributed by atoms with Gasteiger partial charge in [-0.2, -0.15) is 4.31 Å². The van der Waals surface area contributed by atoms with Crippen LogP contribution in [-0.2, 0) is 16.6 Å². The molecular weight excluding hydrogens is 412 g/mol. The van der Waals surface area contributed by atoms with Gasteiger partial charge in [-0.25, -0.2) is 8.42 Å². The number of benzene rings is 3. The smallest absolute Gasteiger partial charge is 0.255 e. The van der Waals surface area contributed by atoms with Crippen LogP contribution in [-0.4, -0.2) is 32.8 Å². The first kappa shape index (κ1) is 22.5. The molecule has 3 aromatic carbocycles. The Morgan fingerprint density at radius 1 is 0.935 bits per heavy atom. The molecule has 0 spiro atoms. The fourth-order valence-electron chi connectivity index (χ4n) is 3.11. The quantitative estimate of drug-likeness (QED) is 0.594. The van der Waals surface area contributed by atoms with Gasteiger partial charge in [0.1, 0.15) is 5.75 Å². The van der Waals surface area contributed by atoms with Crippen LogP contribution in [0, 0.1) is 13.8 Å². The summed E-state index contributed by atoms with van der Waals surface area (Å²) >= 11 is 0. The number of ether oxygens (including phenoxy) is 1. The van der Waals surface area contributed by atoms with E-state index in [1.54, 1.807) is 68.8 Å². The zero-order valence-corrected chi connectivity index (χ0v) is 18.9. The van der Waals surface area contributed by atoms with Crippen LogP contribution in [0.4, 0.5) is 5.69 Å². The normalized spacial score (nSPS) is 11.4. The van der Waals surface area contributed by atoms with Crippen molar-refractivity contribution in [1.29, 1.82) is 0 Å². The second kappa shape index (κ2) is 9.32. The van der Waals surface area contributed by atoms with Crippen LogP contribution < -0.4 is 10.1 Å². The minimum atomic E-state index is -3.59. The molecule has 0 aliphatic heterocycles. The maximum absolute atomic E-state index is 12.8. The standard InChI is InChI=1S/C24H26N2O4S/c1-17-5-12-21(13-6-17)31(28,29)26(3)16-19-8-10-20(11-9-19)24(27)25-22-15-18(2)7-14-23(22)30-4/h5-15H,16H2,1-4H3,(H,25,27). The Morgan fingerprint density at radius 2 is 1.55 bits per heavy atom. The van der Waals surface area contributed by atoms with Crippen molar-refractivity contribution >= 4 is 21.6 Å². The first-order valence-electron chi connectivity index (χ1n) is 9.78. The zero-order chi connectivity index (χ0) is 22.6. The Bertz CT molecular complexity index is 1170. The number of amides is 1. The van der Waals surface area contributed by atoms with Gasteiger partial charge in [0.05, 0.1) is 17.7 Å². The van der Waals surface area contributed by atoms with E-state index in [2.05, 4.69) is 5.32 Å². The molecule has 0 saturated carbocycles. The summed E-state index contributed by atoms with van der Waals surface area (Å²) in [6.45, 7) is 4.04. The molecule has 3 aromatic rings. The van der Waals surface area contributed by atoms with Crippen LogP contribution in [0.25, 0.3) is 0 Å². The van der Waals surface area contributed by atoms with E-state index in [1.165, 1.54) is 4.31 Å². The second-order valence-electron chi connectivity index (χ2n) is 7.43. The highest BCUT2D eigenvalue weighted by atomic mass is 32.2. The van der Waals surface area contributed by atoms with Crippen molar-refractivity contribution < 1.29 is 17.9 Å². The predicted molar refractivity (Wildman–Crippen MR) is 122 cm³/mol. The molecule has 0 heterocycles. The first-order valence-corrected chi connectivity index (χ1v) is 11.2. The van der Waals surface area contributed by atoms with Gasteiger partial charge in [-0.15, -0.1) is 0 Å². The van der Waals surface area contributed by atoms with Gasteiger partial charge in [-0.3, -0.25) is 4.79 Å². The largest absolute Gasteiger partial charge is 0.495 e. The molecule has 0 fully saturated rings. The minimum absolute atomic E-state index is 0.198. The van der Waals surface area contributed by atoms with Gasteiger partial charge < -0.3 is 10.1 Å². The highest BCUT2D eigenvalue weighted by Gasteiger charge is 2.21. The minimum Gasteiger partial charge on any atom is -0.495 e. The van der Waals surface area contributed by atoms with Crippen molar-refractivity contribution in [1.82, 2.24) is 4.31 Å². The molecule has 0 unspecified atom stereocenters. The summed E-state index contributed by atoms with van der Waals surface area (Å²) < 4.78 is 32.1. The maximum Gasteiger partial charge on any atom is 0.255 e. The van der Waals surface area contributed by atoms with Crippen LogP contribution in [0.3, 0.4) is 0 Å². The number of nitrogens with one attached hydrogen (secondary N) is 1. The molecule has 6 nitrogen and oxygen atoms in total. The lowest BCUT2D eigenvalue weighted by Crippen LogP contribution is -2.26. The molecule has 7 heteroatoms. The van der Waals surface area contributed by atoms with E-state index in [0.717, 1.165) is 16.7 Å². The monoisotopic (exact) mass is 438 g/mol. The molecule has 3 rings (SSSR count). The van der Waals surface area contributed by atoms with Crippen LogP contribution in [0.2, 0.25) is 0 Å². The molecule has 1 amide bonds. The van der Waals surface area contributed by atoms with Crippen molar-refractivity contribution in [3.05, 3.63) is 89.0 Å². The summed E-state index contributed by atoms with van der Waals surface area (Å²) in [7, 11) is -0.499. The van der Waals surface area contributed by atoms with E-state index >= 15 is 0 Å². The Morgan fingerprint density at radius 3 is 2.16 bits per heavy atom. The SMILES string of the molecule is COc1ccc(C)cc1NC(=O)c1ccc(CN(C)S(=O)(=O)c2ccc(C)cc2)cc1. The number of nitrogens with zero attached hydrogens (tertiary/aromatic N) is 1. The topological polar surface area (TPSA) is 75.7 Å². The lowest BCUT2D eigenvalue weighted by molar-refractivity contribution is 0.102. The van der Waals surface area contributed by atoms with Gasteiger partial charge in [0, 0.05) is 19.2 Å². The zero-order valence-electron chi connectivity index (χ0n) is 18.0. The summed E-state index contributed by atoms with van der Waals surface area (Å²) in [5.41, 5.74) is 3.85. The second-order valence-corrected chi connectivity index (χ2v) is 9.47. The molecule has 1 N–H and O–H groups in total. The summed E-state index contributed by atoms with van der Waals surface area (Å²) in [4.78, 5) is 12.9. The third-order valence-electron chi connectivity index (χ3n) is 4.95. The molecule has 0 saturated heterocycles. The maximum atomic E-state index is 12.8. The first-order chi connectivity index (χ1) is 14.7. The molecule has 0 aliphatic rings. The molecular formula is C24H26N2O4S. The average molecular weight is 439 g/mol. The van der Waals surface area contributed by atoms with Gasteiger partial charge in [0.25, 0.3) is 5.91 Å². The van der Waals surface area contributed by atoms with Crippen LogP contribution >= 0.6 is 0 Å². The fraction of sp³-hybridized carbons (Fsp3) is 0.208. The Kier molecular flexibility index (Phi) is 6.77.